The lowest BCUT2D eigenvalue weighted by atomic mass is 9.86. The first-order valence-electron chi connectivity index (χ1n) is 41.1. The number of nitrogens with one attached hydrogen (secondary N) is 2. The van der Waals surface area contributed by atoms with Crippen molar-refractivity contribution in [2.24, 2.45) is 5.41 Å². The third-order valence-electron chi connectivity index (χ3n) is 20.3. The number of ether oxygens (including phenoxy) is 22. The Balaban J connectivity index is 1.28. The highest BCUT2D eigenvalue weighted by Gasteiger charge is 2.66. The fourth-order valence-electron chi connectivity index (χ4n) is 14.8. The van der Waals surface area contributed by atoms with Gasteiger partial charge in [-0.3, -0.25) is 47.9 Å². The second-order valence-electron chi connectivity index (χ2n) is 31.6. The second kappa shape index (κ2) is 47.3. The van der Waals surface area contributed by atoms with Crippen molar-refractivity contribution in [1.29, 1.82) is 0 Å². The molecule has 127 heavy (non-hydrogen) atoms. The maximum absolute atomic E-state index is 16.0. The summed E-state index contributed by atoms with van der Waals surface area (Å²) in [6.07, 6.45) is -36.9. The topological polar surface area (TPSA) is 452 Å². The van der Waals surface area contributed by atoms with Crippen molar-refractivity contribution >= 4 is 71.5 Å². The molecule has 0 bridgehead atoms. The van der Waals surface area contributed by atoms with Crippen LogP contribution in [0.5, 0.6) is 0 Å². The van der Waals surface area contributed by atoms with Crippen LogP contribution in [0.2, 0.25) is 0 Å². The van der Waals surface area contributed by atoms with Crippen LogP contribution in [0.4, 0.5) is 0 Å². The number of amides is 2. The molecule has 0 spiro atoms. The van der Waals surface area contributed by atoms with E-state index in [0.29, 0.717) is 22.3 Å². The van der Waals surface area contributed by atoms with Crippen molar-refractivity contribution in [3.63, 3.8) is 0 Å². The van der Waals surface area contributed by atoms with Crippen molar-refractivity contribution in [1.82, 2.24) is 10.6 Å². The maximum Gasteiger partial charge on any atom is 0.366 e. The van der Waals surface area contributed by atoms with Crippen LogP contribution in [0.25, 0.3) is 0 Å². The van der Waals surface area contributed by atoms with Gasteiger partial charge in [-0.05, 0) is 48.6 Å². The van der Waals surface area contributed by atoms with Gasteiger partial charge >= 0.3 is 59.7 Å². The first kappa shape index (κ1) is 100.0. The smallest absolute Gasteiger partial charge is 0.366 e. The molecule has 3 N–H and O–H groups in total. The molecular weight excluding hydrogens is 1670 g/mol. The Labute approximate surface area is 734 Å². The standard InChI is InChI=1S/C90H112N2O35/c1-51(93)91-71-65(115-55(5)97)40-89(86(104)106-13,125-77(71)74(118-58(8)100)69(117-57(7)99)49-110-53(3)95)124-70(50-111-54(4)96)76(119-59(9)101)78-72(92-52(2)94)66(116-56(6)98)41-90(126-78,87(105)107-14)127-79-73(102)67(47-108-42-60-30-20-15-21-31-60)120-84(81(79)113-45-63-36-26-18-27-37-63)122-75-68(48-109-43-61-32-22-16-23-33-61)121-83(114-46-64-38-28-19-29-39-64)82(123-85(103)88(10,11)12)80(75)112-44-62-34-24-17-25-35-62/h15-39,65-84,102H,40-50H2,1-14H3,(H,91,93)(H,92,94)/t65-,66-,67+,68+,69+,70+,71+,72+,73-,74+,75+,76+,77+,78+,79-,80-,81+,82+,83+,84-,89+,90-/m0/s1. The molecule has 2 amide bonds. The van der Waals surface area contributed by atoms with Gasteiger partial charge < -0.3 is 120 Å². The van der Waals surface area contributed by atoms with E-state index < -0.39 is 250 Å². The van der Waals surface area contributed by atoms with E-state index in [-0.39, 0.29) is 33.0 Å². The Hall–Kier alpha value is -10.8. The first-order chi connectivity index (χ1) is 60.5. The summed E-state index contributed by atoms with van der Waals surface area (Å²) in [4.78, 5) is 168. The molecule has 4 fully saturated rings. The van der Waals surface area contributed by atoms with Crippen LogP contribution in [0.3, 0.4) is 0 Å². The number of esters is 10. The number of rotatable bonds is 41. The lowest BCUT2D eigenvalue weighted by Crippen LogP contribution is -2.73. The zero-order chi connectivity index (χ0) is 92.3. The molecule has 37 nitrogen and oxygen atoms in total. The number of hydrogen-bond donors (Lipinski definition) is 3. The average Bonchev–Trinajstić information content (AvgIpc) is 0.745. The van der Waals surface area contributed by atoms with Gasteiger partial charge in [0.05, 0.1) is 90.8 Å². The predicted octanol–water partition coefficient (Wildman–Crippen LogP) is 5.84. The van der Waals surface area contributed by atoms with Crippen LogP contribution in [0, 0.1) is 5.41 Å². The molecule has 5 aromatic rings. The summed E-state index contributed by atoms with van der Waals surface area (Å²) in [5.41, 5.74) is 2.05. The van der Waals surface area contributed by atoms with Crippen molar-refractivity contribution < 1.29 is 167 Å². The monoisotopic (exact) mass is 1780 g/mol. The number of aliphatic hydroxyl groups excluding tert-OH is 1. The highest BCUT2D eigenvalue weighted by Crippen LogP contribution is 2.45. The van der Waals surface area contributed by atoms with Crippen LogP contribution in [-0.4, -0.2) is 251 Å². The highest BCUT2D eigenvalue weighted by molar-refractivity contribution is 5.80. The third kappa shape index (κ3) is 28.9. The minimum Gasteiger partial charge on any atom is -0.465 e. The van der Waals surface area contributed by atoms with Gasteiger partial charge in [0.25, 0.3) is 11.6 Å². The number of methoxy groups -OCH3 is 2. The SMILES string of the molecule is COC(=O)[C@@]1(O[C@H]2[C@@H](O)[C@@H](COCc3ccccc3)O[C@@H](O[C@H]3[C@H](OCc4ccccc4)[C@@H](OC(=O)C(C)(C)C)[C@H](OCc4ccccc4)O[C@@H]3COCc3ccccc3)[C@@H]2OCc2ccccc2)C[C@H](OC(C)=O)[C@@H](NC(C)=O)[C@H]([C@H](OC(C)=O)[C@@H](COC(C)=O)O[C@]2(C(=O)OC)C[C@H](OC(C)=O)[C@@H](NC(C)=O)[C@H]([C@H](OC(C)=O)[C@@H](COC(C)=O)OC(C)=O)O2)O1. The summed E-state index contributed by atoms with van der Waals surface area (Å²) < 4.78 is 141. The Morgan fingerprint density at radius 1 is 0.425 bits per heavy atom. The summed E-state index contributed by atoms with van der Waals surface area (Å²) in [5.74, 6) is -20.1. The number of carbonyl (C=O) groups excluding carboxylic acids is 12. The zero-order valence-electron chi connectivity index (χ0n) is 73.1. The minimum atomic E-state index is -3.28. The van der Waals surface area contributed by atoms with Gasteiger partial charge in [-0.1, -0.05) is 152 Å². The fourth-order valence-corrected chi connectivity index (χ4v) is 14.8. The lowest BCUT2D eigenvalue weighted by Gasteiger charge is -2.53. The molecule has 0 aromatic heterocycles. The van der Waals surface area contributed by atoms with Crippen molar-refractivity contribution in [3.05, 3.63) is 179 Å². The number of hydrogen-bond acceptors (Lipinski definition) is 35. The lowest BCUT2D eigenvalue weighted by molar-refractivity contribution is -0.395. The molecule has 0 aliphatic carbocycles. The molecule has 0 saturated carbocycles. The molecule has 0 unspecified atom stereocenters. The summed E-state index contributed by atoms with van der Waals surface area (Å²) >= 11 is 0. The van der Waals surface area contributed by atoms with E-state index in [1.807, 2.05) is 60.7 Å². The third-order valence-corrected chi connectivity index (χ3v) is 20.3. The zero-order valence-corrected chi connectivity index (χ0v) is 73.1. The Bertz CT molecular complexity index is 4450. The molecule has 0 radical (unpaired) electrons. The molecule has 4 aliphatic rings. The molecule has 4 heterocycles. The molecule has 37 heteroatoms. The van der Waals surface area contributed by atoms with Crippen molar-refractivity contribution in [2.75, 3.05) is 40.6 Å². The van der Waals surface area contributed by atoms with E-state index in [2.05, 4.69) is 10.6 Å². The van der Waals surface area contributed by atoms with Gasteiger partial charge in [0.15, 0.2) is 37.0 Å². The normalized spacial score (nSPS) is 26.7. The molecule has 5 aromatic carbocycles. The summed E-state index contributed by atoms with van der Waals surface area (Å²) in [5, 5.41) is 18.8. The first-order valence-corrected chi connectivity index (χ1v) is 41.1. The average molecular weight is 1780 g/mol. The quantitative estimate of drug-likeness (QED) is 0.0305. The van der Waals surface area contributed by atoms with E-state index >= 15 is 9.59 Å². The molecular formula is C90H112N2O35. The van der Waals surface area contributed by atoms with E-state index in [9.17, 15) is 53.1 Å². The molecule has 22 atom stereocenters. The Morgan fingerprint density at radius 2 is 0.811 bits per heavy atom. The van der Waals surface area contributed by atoms with Crippen LogP contribution in [0.15, 0.2) is 152 Å². The second-order valence-corrected chi connectivity index (χ2v) is 31.6. The Kier molecular flexibility index (Phi) is 37.3. The van der Waals surface area contributed by atoms with Gasteiger partial charge in [0.2, 0.25) is 11.8 Å². The van der Waals surface area contributed by atoms with Crippen molar-refractivity contribution in [2.45, 2.75) is 263 Å². The van der Waals surface area contributed by atoms with Gasteiger partial charge in [0.1, 0.15) is 86.5 Å². The summed E-state index contributed by atoms with van der Waals surface area (Å²) in [7, 11) is 1.72. The number of aliphatic hydroxyl groups is 1. The van der Waals surface area contributed by atoms with Crippen LogP contribution in [-0.2, 0) is 195 Å². The highest BCUT2D eigenvalue weighted by atomic mass is 16.8. The Morgan fingerprint density at radius 3 is 1.23 bits per heavy atom. The largest absolute Gasteiger partial charge is 0.465 e. The molecule has 692 valence electrons. The van der Waals surface area contributed by atoms with Crippen LogP contribution in [0.1, 0.15) is 124 Å². The molecule has 4 aliphatic heterocycles. The molecule has 4 saturated heterocycles. The van der Waals surface area contributed by atoms with E-state index in [0.717, 1.165) is 82.1 Å². The number of benzene rings is 5. The minimum absolute atomic E-state index is 0.00423. The molecule has 9 rings (SSSR count). The van der Waals surface area contributed by atoms with E-state index in [4.69, 9.17) is 104 Å². The van der Waals surface area contributed by atoms with E-state index in [1.54, 1.807) is 112 Å². The number of carbonyl (C=O) groups is 12. The predicted molar refractivity (Wildman–Crippen MR) is 435 cm³/mol. The van der Waals surface area contributed by atoms with Crippen LogP contribution >= 0.6 is 0 Å². The van der Waals surface area contributed by atoms with Gasteiger partial charge in [-0.15, -0.1) is 0 Å². The van der Waals surface area contributed by atoms with E-state index in [1.165, 1.54) is 0 Å². The van der Waals surface area contributed by atoms with Gasteiger partial charge in [-0.25, -0.2) is 9.59 Å². The van der Waals surface area contributed by atoms with Crippen molar-refractivity contribution in [3.8, 4) is 0 Å². The van der Waals surface area contributed by atoms with Gasteiger partial charge in [-0.2, -0.15) is 0 Å². The summed E-state index contributed by atoms with van der Waals surface area (Å²) in [6, 6.07) is 40.9. The maximum atomic E-state index is 16.0. The van der Waals surface area contributed by atoms with Gasteiger partial charge in [0, 0.05) is 62.3 Å². The van der Waals surface area contributed by atoms with Crippen LogP contribution < -0.4 is 10.6 Å². The summed E-state index contributed by atoms with van der Waals surface area (Å²) in [6.45, 7) is 9.61. The fraction of sp³-hybridized carbons (Fsp3) is 0.533.